The Bertz CT molecular complexity index is 479. The van der Waals surface area contributed by atoms with Gasteiger partial charge in [0.05, 0.1) is 6.10 Å². The van der Waals surface area contributed by atoms with Gasteiger partial charge in [-0.2, -0.15) is 0 Å². The maximum Gasteiger partial charge on any atom is 0.220 e. The Morgan fingerprint density at radius 1 is 1.09 bits per heavy atom. The second-order valence-corrected chi connectivity index (χ2v) is 7.06. The third-order valence-corrected chi connectivity index (χ3v) is 5.23. The molecule has 1 amide bonds. The summed E-state index contributed by atoms with van der Waals surface area (Å²) in [6.45, 7) is 0. The Morgan fingerprint density at radius 2 is 1.82 bits per heavy atom. The molecule has 0 aromatic heterocycles. The molecule has 0 aliphatic heterocycles. The first-order valence-corrected chi connectivity index (χ1v) is 8.72. The van der Waals surface area contributed by atoms with E-state index in [2.05, 4.69) is 35.6 Å². The number of aliphatic hydroxyl groups excluding tert-OH is 1. The van der Waals surface area contributed by atoms with E-state index in [0.29, 0.717) is 12.3 Å². The first-order chi connectivity index (χ1) is 10.7. The number of hydrogen-bond donors (Lipinski definition) is 2. The van der Waals surface area contributed by atoms with E-state index >= 15 is 0 Å². The number of carbonyl (C=O) groups excluding carboxylic acids is 1. The van der Waals surface area contributed by atoms with Crippen LogP contribution >= 0.6 is 0 Å². The van der Waals surface area contributed by atoms with Gasteiger partial charge in [0, 0.05) is 12.5 Å². The average molecular weight is 301 g/mol. The fourth-order valence-electron chi connectivity index (χ4n) is 3.66. The van der Waals surface area contributed by atoms with Crippen LogP contribution in [0.25, 0.3) is 0 Å². The van der Waals surface area contributed by atoms with Gasteiger partial charge in [-0.15, -0.1) is 0 Å². The first kappa shape index (κ1) is 15.5. The van der Waals surface area contributed by atoms with Crippen LogP contribution in [-0.2, 0) is 11.2 Å². The largest absolute Gasteiger partial charge is 0.393 e. The van der Waals surface area contributed by atoms with E-state index in [1.54, 1.807) is 0 Å². The number of nitrogens with one attached hydrogen (secondary N) is 1. The Balaban J connectivity index is 1.32. The molecule has 2 N–H and O–H groups in total. The summed E-state index contributed by atoms with van der Waals surface area (Å²) in [5, 5.41) is 12.6. The molecule has 0 radical (unpaired) electrons. The van der Waals surface area contributed by atoms with E-state index in [1.807, 2.05) is 0 Å². The van der Waals surface area contributed by atoms with Crippen molar-refractivity contribution in [3.8, 4) is 0 Å². The summed E-state index contributed by atoms with van der Waals surface area (Å²) in [4.78, 5) is 12.1. The summed E-state index contributed by atoms with van der Waals surface area (Å²) in [5.74, 6) is 1.55. The van der Waals surface area contributed by atoms with Crippen LogP contribution in [0.3, 0.4) is 0 Å². The van der Waals surface area contributed by atoms with Gasteiger partial charge in [-0.05, 0) is 62.3 Å². The molecule has 3 nitrogen and oxygen atoms in total. The van der Waals surface area contributed by atoms with Gasteiger partial charge in [0.25, 0.3) is 0 Å². The van der Waals surface area contributed by atoms with Crippen molar-refractivity contribution in [2.75, 3.05) is 0 Å². The third kappa shape index (κ3) is 4.57. The highest BCUT2D eigenvalue weighted by Crippen LogP contribution is 2.44. The number of benzene rings is 1. The van der Waals surface area contributed by atoms with Crippen molar-refractivity contribution in [1.29, 1.82) is 0 Å². The average Bonchev–Trinajstić information content (AvgIpc) is 3.26. The minimum Gasteiger partial charge on any atom is -0.393 e. The van der Waals surface area contributed by atoms with Crippen LogP contribution < -0.4 is 5.32 Å². The van der Waals surface area contributed by atoms with Crippen LogP contribution in [-0.4, -0.2) is 23.2 Å². The van der Waals surface area contributed by atoms with Crippen LogP contribution in [0.2, 0.25) is 0 Å². The Morgan fingerprint density at radius 3 is 2.55 bits per heavy atom. The Hall–Kier alpha value is -1.35. The fraction of sp³-hybridized carbons (Fsp3) is 0.632. The maximum absolute atomic E-state index is 12.1. The SMILES string of the molecule is O=C(CC1CC1CCc1ccccc1)NC1CCC(O)CC1. The quantitative estimate of drug-likeness (QED) is 0.848. The summed E-state index contributed by atoms with van der Waals surface area (Å²) in [5.41, 5.74) is 1.40. The molecule has 2 atom stereocenters. The minimum absolute atomic E-state index is 0.154. The van der Waals surface area contributed by atoms with Crippen LogP contribution in [0, 0.1) is 11.8 Å². The first-order valence-electron chi connectivity index (χ1n) is 8.72. The molecule has 2 unspecified atom stereocenters. The Labute approximate surface area is 133 Å². The van der Waals surface area contributed by atoms with Crippen LogP contribution in [0.5, 0.6) is 0 Å². The van der Waals surface area contributed by atoms with Crippen LogP contribution in [0.1, 0.15) is 50.5 Å². The molecule has 2 saturated carbocycles. The summed E-state index contributed by atoms with van der Waals surface area (Å²) < 4.78 is 0. The zero-order valence-electron chi connectivity index (χ0n) is 13.2. The van der Waals surface area contributed by atoms with Gasteiger partial charge in [-0.3, -0.25) is 4.79 Å². The molecule has 0 heterocycles. The molecule has 2 aliphatic rings. The summed E-state index contributed by atoms with van der Waals surface area (Å²) in [7, 11) is 0. The van der Waals surface area contributed by atoms with Gasteiger partial charge in [-0.25, -0.2) is 0 Å². The number of amides is 1. The van der Waals surface area contributed by atoms with E-state index in [1.165, 1.54) is 18.4 Å². The molecule has 1 aromatic carbocycles. The van der Waals surface area contributed by atoms with Crippen molar-refractivity contribution in [3.63, 3.8) is 0 Å². The molecule has 3 rings (SSSR count). The van der Waals surface area contributed by atoms with Gasteiger partial charge in [0.1, 0.15) is 0 Å². The van der Waals surface area contributed by atoms with Crippen molar-refractivity contribution in [3.05, 3.63) is 35.9 Å². The fourth-order valence-corrected chi connectivity index (χ4v) is 3.66. The lowest BCUT2D eigenvalue weighted by Gasteiger charge is -2.26. The summed E-state index contributed by atoms with van der Waals surface area (Å²) in [6, 6.07) is 10.9. The molecule has 3 heteroatoms. The maximum atomic E-state index is 12.1. The van der Waals surface area contributed by atoms with Gasteiger partial charge in [0.15, 0.2) is 0 Å². The van der Waals surface area contributed by atoms with Crippen molar-refractivity contribution in [2.24, 2.45) is 11.8 Å². The molecular formula is C19H27NO2. The van der Waals surface area contributed by atoms with Gasteiger partial charge in [0.2, 0.25) is 5.91 Å². The zero-order chi connectivity index (χ0) is 15.4. The van der Waals surface area contributed by atoms with E-state index in [9.17, 15) is 9.90 Å². The molecule has 2 fully saturated rings. The van der Waals surface area contributed by atoms with Gasteiger partial charge < -0.3 is 10.4 Å². The van der Waals surface area contributed by atoms with Crippen LogP contribution in [0.4, 0.5) is 0 Å². The lowest BCUT2D eigenvalue weighted by molar-refractivity contribution is -0.122. The molecule has 1 aromatic rings. The third-order valence-electron chi connectivity index (χ3n) is 5.23. The lowest BCUT2D eigenvalue weighted by atomic mass is 9.93. The van der Waals surface area contributed by atoms with E-state index in [-0.39, 0.29) is 18.1 Å². The second kappa shape index (κ2) is 7.28. The van der Waals surface area contributed by atoms with Crippen molar-refractivity contribution in [1.82, 2.24) is 5.32 Å². The monoisotopic (exact) mass is 301 g/mol. The molecular weight excluding hydrogens is 274 g/mol. The molecule has 0 spiro atoms. The number of hydrogen-bond acceptors (Lipinski definition) is 2. The number of aryl methyl sites for hydroxylation is 1. The zero-order valence-corrected chi connectivity index (χ0v) is 13.2. The molecule has 0 saturated heterocycles. The smallest absolute Gasteiger partial charge is 0.220 e. The van der Waals surface area contributed by atoms with Crippen LogP contribution in [0.15, 0.2) is 30.3 Å². The molecule has 120 valence electrons. The number of aliphatic hydroxyl groups is 1. The normalized spacial score (nSPS) is 30.8. The van der Waals surface area contributed by atoms with E-state index in [4.69, 9.17) is 0 Å². The Kier molecular flexibility index (Phi) is 5.14. The lowest BCUT2D eigenvalue weighted by Crippen LogP contribution is -2.38. The predicted molar refractivity (Wildman–Crippen MR) is 87.4 cm³/mol. The van der Waals surface area contributed by atoms with Gasteiger partial charge >= 0.3 is 0 Å². The standard InChI is InChI=1S/C19H27NO2/c21-18-10-8-17(9-11-18)20-19(22)13-16-12-15(16)7-6-14-4-2-1-3-5-14/h1-5,15-18,21H,6-13H2,(H,20,22). The highest BCUT2D eigenvalue weighted by atomic mass is 16.3. The topological polar surface area (TPSA) is 49.3 Å². The minimum atomic E-state index is -0.154. The second-order valence-electron chi connectivity index (χ2n) is 7.06. The molecule has 0 bridgehead atoms. The van der Waals surface area contributed by atoms with Gasteiger partial charge in [-0.1, -0.05) is 30.3 Å². The van der Waals surface area contributed by atoms with E-state index in [0.717, 1.165) is 38.0 Å². The molecule has 2 aliphatic carbocycles. The molecule has 22 heavy (non-hydrogen) atoms. The predicted octanol–water partition coefficient (Wildman–Crippen LogP) is 3.07. The number of carbonyl (C=O) groups is 1. The number of rotatable bonds is 6. The van der Waals surface area contributed by atoms with Crippen molar-refractivity contribution in [2.45, 2.75) is 63.5 Å². The van der Waals surface area contributed by atoms with E-state index < -0.39 is 0 Å². The summed E-state index contributed by atoms with van der Waals surface area (Å²) in [6.07, 6.45) is 7.59. The summed E-state index contributed by atoms with van der Waals surface area (Å²) >= 11 is 0. The van der Waals surface area contributed by atoms with Crippen molar-refractivity contribution >= 4 is 5.91 Å². The van der Waals surface area contributed by atoms with Crippen molar-refractivity contribution < 1.29 is 9.90 Å². The highest BCUT2D eigenvalue weighted by molar-refractivity contribution is 5.76. The highest BCUT2D eigenvalue weighted by Gasteiger charge is 2.38.